The Balaban J connectivity index is 2.19. The summed E-state index contributed by atoms with van der Waals surface area (Å²) in [6.45, 7) is 2.76. The zero-order valence-electron chi connectivity index (χ0n) is 7.12. The van der Waals surface area contributed by atoms with Gasteiger partial charge in [0.15, 0.2) is 0 Å². The van der Waals surface area contributed by atoms with E-state index in [1.54, 1.807) is 7.11 Å². The van der Waals surface area contributed by atoms with Crippen LogP contribution in [-0.4, -0.2) is 37.1 Å². The molecule has 11 heavy (non-hydrogen) atoms. The van der Waals surface area contributed by atoms with Crippen molar-refractivity contribution in [2.24, 2.45) is 0 Å². The number of aliphatic hydroxyl groups is 1. The summed E-state index contributed by atoms with van der Waals surface area (Å²) in [6, 6.07) is 0. The van der Waals surface area contributed by atoms with Gasteiger partial charge in [-0.1, -0.05) is 6.92 Å². The minimum absolute atomic E-state index is 0.0834. The number of hydrogen-bond acceptors (Lipinski definition) is 3. The largest absolute Gasteiger partial charge is 0.390 e. The van der Waals surface area contributed by atoms with Crippen LogP contribution < -0.4 is 0 Å². The Kier molecular flexibility index (Phi) is 3.30. The van der Waals surface area contributed by atoms with E-state index in [0.717, 1.165) is 6.42 Å². The van der Waals surface area contributed by atoms with Gasteiger partial charge in [0.05, 0.1) is 12.2 Å². The third kappa shape index (κ3) is 1.92. The highest BCUT2D eigenvalue weighted by molar-refractivity contribution is 4.91. The first-order valence-electron chi connectivity index (χ1n) is 4.12. The molecule has 0 aromatic heterocycles. The standard InChI is InChI=1S/C8H16O3/c1-3-4-11-8-6(9)5-7(8)10-2/h6-9H,3-5H2,1-2H3. The van der Waals surface area contributed by atoms with Crippen LogP contribution in [0.4, 0.5) is 0 Å². The minimum Gasteiger partial charge on any atom is -0.390 e. The highest BCUT2D eigenvalue weighted by atomic mass is 16.5. The summed E-state index contributed by atoms with van der Waals surface area (Å²) >= 11 is 0. The molecule has 0 spiro atoms. The normalized spacial score (nSPS) is 36.8. The van der Waals surface area contributed by atoms with E-state index in [0.29, 0.717) is 13.0 Å². The zero-order valence-corrected chi connectivity index (χ0v) is 7.12. The molecular weight excluding hydrogens is 144 g/mol. The first kappa shape index (κ1) is 8.97. The van der Waals surface area contributed by atoms with E-state index in [9.17, 15) is 5.11 Å². The maximum Gasteiger partial charge on any atom is 0.110 e. The van der Waals surface area contributed by atoms with Crippen molar-refractivity contribution in [1.82, 2.24) is 0 Å². The second kappa shape index (κ2) is 4.04. The summed E-state index contributed by atoms with van der Waals surface area (Å²) in [5.74, 6) is 0. The maximum atomic E-state index is 9.23. The van der Waals surface area contributed by atoms with Crippen LogP contribution in [0.5, 0.6) is 0 Å². The molecule has 3 nitrogen and oxygen atoms in total. The zero-order chi connectivity index (χ0) is 8.27. The minimum atomic E-state index is -0.313. The molecule has 1 fully saturated rings. The van der Waals surface area contributed by atoms with Crippen molar-refractivity contribution in [3.8, 4) is 0 Å². The first-order chi connectivity index (χ1) is 5.29. The molecule has 0 aromatic rings. The molecule has 3 heteroatoms. The van der Waals surface area contributed by atoms with Crippen molar-refractivity contribution in [2.45, 2.75) is 38.1 Å². The van der Waals surface area contributed by atoms with Crippen molar-refractivity contribution in [3.05, 3.63) is 0 Å². The fourth-order valence-corrected chi connectivity index (χ4v) is 1.26. The number of hydrogen-bond donors (Lipinski definition) is 1. The van der Waals surface area contributed by atoms with E-state index in [2.05, 4.69) is 0 Å². The predicted octanol–water partition coefficient (Wildman–Crippen LogP) is 0.561. The SMILES string of the molecule is CCCOC1C(O)CC1OC. The summed E-state index contributed by atoms with van der Waals surface area (Å²) < 4.78 is 10.4. The van der Waals surface area contributed by atoms with Crippen molar-refractivity contribution in [2.75, 3.05) is 13.7 Å². The van der Waals surface area contributed by atoms with E-state index in [1.807, 2.05) is 6.92 Å². The molecule has 0 radical (unpaired) electrons. The third-order valence-corrected chi connectivity index (χ3v) is 2.04. The van der Waals surface area contributed by atoms with Gasteiger partial charge in [0.1, 0.15) is 6.10 Å². The van der Waals surface area contributed by atoms with Gasteiger partial charge in [-0.05, 0) is 6.42 Å². The van der Waals surface area contributed by atoms with Gasteiger partial charge in [0.2, 0.25) is 0 Å². The topological polar surface area (TPSA) is 38.7 Å². The van der Waals surface area contributed by atoms with Gasteiger partial charge in [-0.3, -0.25) is 0 Å². The van der Waals surface area contributed by atoms with E-state index in [4.69, 9.17) is 9.47 Å². The van der Waals surface area contributed by atoms with Crippen LogP contribution >= 0.6 is 0 Å². The molecule has 1 N–H and O–H groups in total. The number of ether oxygens (including phenoxy) is 2. The van der Waals surface area contributed by atoms with Gasteiger partial charge in [-0.25, -0.2) is 0 Å². The molecule has 0 aromatic carbocycles. The molecule has 3 unspecified atom stereocenters. The lowest BCUT2D eigenvalue weighted by atomic mass is 9.88. The fraction of sp³-hybridized carbons (Fsp3) is 1.00. The van der Waals surface area contributed by atoms with E-state index in [1.165, 1.54) is 0 Å². The first-order valence-corrected chi connectivity index (χ1v) is 4.12. The molecule has 0 saturated heterocycles. The molecule has 1 aliphatic rings. The Bertz CT molecular complexity index is 116. The summed E-state index contributed by atoms with van der Waals surface area (Å²) in [5, 5.41) is 9.23. The molecule has 3 atom stereocenters. The fourth-order valence-electron chi connectivity index (χ4n) is 1.26. The number of aliphatic hydroxyl groups excluding tert-OH is 1. The molecule has 1 saturated carbocycles. The molecule has 0 aliphatic heterocycles. The Morgan fingerprint density at radius 1 is 1.55 bits per heavy atom. The number of methoxy groups -OCH3 is 1. The highest BCUT2D eigenvalue weighted by Gasteiger charge is 2.40. The third-order valence-electron chi connectivity index (χ3n) is 2.04. The van der Waals surface area contributed by atoms with Gasteiger partial charge in [-0.2, -0.15) is 0 Å². The lowest BCUT2D eigenvalue weighted by Crippen LogP contribution is -2.53. The molecule has 0 bridgehead atoms. The molecule has 1 rings (SSSR count). The van der Waals surface area contributed by atoms with Crippen molar-refractivity contribution in [3.63, 3.8) is 0 Å². The molecule has 1 aliphatic carbocycles. The Labute approximate surface area is 67.3 Å². The second-order valence-corrected chi connectivity index (χ2v) is 2.91. The average Bonchev–Trinajstić information content (AvgIpc) is 2.00. The quantitative estimate of drug-likeness (QED) is 0.653. The summed E-state index contributed by atoms with van der Waals surface area (Å²) in [5.41, 5.74) is 0. The van der Waals surface area contributed by atoms with Crippen LogP contribution in [0.2, 0.25) is 0 Å². The molecule has 0 amide bonds. The molecule has 0 heterocycles. The van der Waals surface area contributed by atoms with Gasteiger partial charge >= 0.3 is 0 Å². The monoisotopic (exact) mass is 160 g/mol. The molecular formula is C8H16O3. The van der Waals surface area contributed by atoms with Gasteiger partial charge in [0.25, 0.3) is 0 Å². The van der Waals surface area contributed by atoms with Crippen LogP contribution in [0.3, 0.4) is 0 Å². The summed E-state index contributed by atoms with van der Waals surface area (Å²) in [7, 11) is 1.65. The summed E-state index contributed by atoms with van der Waals surface area (Å²) in [4.78, 5) is 0. The van der Waals surface area contributed by atoms with Gasteiger partial charge < -0.3 is 14.6 Å². The Morgan fingerprint density at radius 3 is 2.73 bits per heavy atom. The van der Waals surface area contributed by atoms with Crippen LogP contribution in [-0.2, 0) is 9.47 Å². The summed E-state index contributed by atoms with van der Waals surface area (Å²) in [6.07, 6.45) is 1.41. The van der Waals surface area contributed by atoms with Crippen molar-refractivity contribution >= 4 is 0 Å². The van der Waals surface area contributed by atoms with E-state index < -0.39 is 0 Å². The van der Waals surface area contributed by atoms with Crippen LogP contribution in [0.15, 0.2) is 0 Å². The smallest absolute Gasteiger partial charge is 0.110 e. The molecule has 66 valence electrons. The van der Waals surface area contributed by atoms with Crippen LogP contribution in [0, 0.1) is 0 Å². The van der Waals surface area contributed by atoms with Gasteiger partial charge in [-0.15, -0.1) is 0 Å². The maximum absolute atomic E-state index is 9.23. The Hall–Kier alpha value is -0.120. The lowest BCUT2D eigenvalue weighted by molar-refractivity contribution is -0.182. The van der Waals surface area contributed by atoms with Crippen LogP contribution in [0.25, 0.3) is 0 Å². The average molecular weight is 160 g/mol. The van der Waals surface area contributed by atoms with Crippen molar-refractivity contribution in [1.29, 1.82) is 0 Å². The highest BCUT2D eigenvalue weighted by Crippen LogP contribution is 2.26. The second-order valence-electron chi connectivity index (χ2n) is 2.91. The predicted molar refractivity (Wildman–Crippen MR) is 41.5 cm³/mol. The lowest BCUT2D eigenvalue weighted by Gasteiger charge is -2.39. The van der Waals surface area contributed by atoms with Gasteiger partial charge in [0, 0.05) is 20.1 Å². The van der Waals surface area contributed by atoms with E-state index in [-0.39, 0.29) is 18.3 Å². The van der Waals surface area contributed by atoms with E-state index >= 15 is 0 Å². The Morgan fingerprint density at radius 2 is 2.27 bits per heavy atom. The van der Waals surface area contributed by atoms with Crippen molar-refractivity contribution < 1.29 is 14.6 Å². The number of rotatable bonds is 4. The van der Waals surface area contributed by atoms with Crippen LogP contribution in [0.1, 0.15) is 19.8 Å².